The van der Waals surface area contributed by atoms with Gasteiger partial charge in [-0.3, -0.25) is 0 Å². The van der Waals surface area contributed by atoms with Crippen molar-refractivity contribution < 1.29 is 36.6 Å². The van der Waals surface area contributed by atoms with E-state index in [1.807, 2.05) is 4.91 Å². The Morgan fingerprint density at radius 2 is 1.61 bits per heavy atom. The molecule has 1 aromatic carbocycles. The number of hydrogen-bond donors (Lipinski definition) is 0. The summed E-state index contributed by atoms with van der Waals surface area (Å²) in [7, 11) is 0. The van der Waals surface area contributed by atoms with Crippen LogP contribution in [0.25, 0.3) is 10.4 Å². The van der Waals surface area contributed by atoms with Crippen molar-refractivity contribution in [2.45, 2.75) is 0 Å². The third kappa shape index (κ3) is 3.98. The molecule has 0 aliphatic carbocycles. The molecule has 122 valence electrons. The van der Waals surface area contributed by atoms with Gasteiger partial charge in [0.05, 0.1) is 0 Å². The number of halogens is 4. The highest BCUT2D eigenvalue weighted by Crippen LogP contribution is 2.30. The minimum absolute atomic E-state index is 0.471. The zero-order chi connectivity index (χ0) is 17.6. The van der Waals surface area contributed by atoms with Crippen LogP contribution in [-0.2, 0) is 14.3 Å². The molecule has 7 nitrogen and oxygen atoms in total. The Balaban J connectivity index is 3.00. The predicted molar refractivity (Wildman–Crippen MR) is 66.5 cm³/mol. The van der Waals surface area contributed by atoms with E-state index in [0.717, 1.165) is 6.08 Å². The van der Waals surface area contributed by atoms with E-state index < -0.39 is 59.7 Å². The van der Waals surface area contributed by atoms with Crippen LogP contribution in [0.5, 0.6) is 0 Å². The van der Waals surface area contributed by atoms with Crippen molar-refractivity contribution in [3.05, 3.63) is 51.9 Å². The first-order valence-corrected chi connectivity index (χ1v) is 5.72. The minimum atomic E-state index is -2.08. The molecule has 11 heteroatoms. The molecular formula is C12H7F4N3O4. The van der Waals surface area contributed by atoms with Crippen molar-refractivity contribution in [1.82, 2.24) is 0 Å². The first kappa shape index (κ1) is 18.0. The van der Waals surface area contributed by atoms with Crippen molar-refractivity contribution in [3.8, 4) is 0 Å². The van der Waals surface area contributed by atoms with E-state index in [4.69, 9.17) is 5.53 Å². The van der Waals surface area contributed by atoms with Gasteiger partial charge in [0, 0.05) is 11.0 Å². The molecule has 0 N–H and O–H groups in total. The number of ether oxygens (including phenoxy) is 2. The third-order valence-corrected chi connectivity index (χ3v) is 2.32. The average Bonchev–Trinajstić information content (AvgIpc) is 2.53. The van der Waals surface area contributed by atoms with E-state index in [1.54, 1.807) is 0 Å². The van der Waals surface area contributed by atoms with Crippen LogP contribution in [0, 0.1) is 23.3 Å². The van der Waals surface area contributed by atoms with Crippen LogP contribution in [0.3, 0.4) is 0 Å². The molecule has 0 aliphatic rings. The van der Waals surface area contributed by atoms with Crippen molar-refractivity contribution in [2.75, 3.05) is 13.2 Å². The minimum Gasteiger partial charge on any atom is -0.459 e. The summed E-state index contributed by atoms with van der Waals surface area (Å²) in [5, 5.41) is 2.46. The molecule has 0 radical (unpaired) electrons. The predicted octanol–water partition coefficient (Wildman–Crippen LogP) is 3.07. The first-order chi connectivity index (χ1) is 10.8. The number of nitrogens with zero attached hydrogens (tertiary/aromatic N) is 3. The topological polar surface area (TPSA) is 101 Å². The summed E-state index contributed by atoms with van der Waals surface area (Å²) in [6.07, 6.45) is 0.820. The van der Waals surface area contributed by atoms with Crippen LogP contribution >= 0.6 is 0 Å². The number of esters is 2. The fourth-order valence-corrected chi connectivity index (χ4v) is 1.34. The standard InChI is InChI=1S/C12H7F4N3O4/c1-2-5(20)22-3-4-23-12(21)6-7(13)9(15)11(18-19-17)10(16)8(6)14/h2H,1,3-4H2. The van der Waals surface area contributed by atoms with E-state index in [2.05, 4.69) is 21.2 Å². The maximum atomic E-state index is 13.6. The molecule has 0 aliphatic heterocycles. The van der Waals surface area contributed by atoms with Crippen molar-refractivity contribution in [2.24, 2.45) is 5.11 Å². The zero-order valence-corrected chi connectivity index (χ0v) is 11.2. The Hall–Kier alpha value is -3.07. The Bertz CT molecular complexity index is 688. The molecule has 0 saturated carbocycles. The van der Waals surface area contributed by atoms with E-state index in [9.17, 15) is 27.2 Å². The number of carbonyl (C=O) groups excluding carboxylic acids is 2. The summed E-state index contributed by atoms with van der Waals surface area (Å²) in [4.78, 5) is 24.2. The van der Waals surface area contributed by atoms with Crippen LogP contribution in [0.2, 0.25) is 0 Å². The third-order valence-electron chi connectivity index (χ3n) is 2.32. The second-order valence-electron chi connectivity index (χ2n) is 3.68. The highest BCUT2D eigenvalue weighted by Gasteiger charge is 2.29. The van der Waals surface area contributed by atoms with Crippen LogP contribution in [0.1, 0.15) is 10.4 Å². The van der Waals surface area contributed by atoms with E-state index in [1.165, 1.54) is 0 Å². The monoisotopic (exact) mass is 333 g/mol. The molecule has 0 saturated heterocycles. The summed E-state index contributed by atoms with van der Waals surface area (Å²) >= 11 is 0. The van der Waals surface area contributed by atoms with E-state index >= 15 is 0 Å². The lowest BCUT2D eigenvalue weighted by Gasteiger charge is -2.09. The molecule has 0 amide bonds. The Morgan fingerprint density at radius 3 is 2.09 bits per heavy atom. The smallest absolute Gasteiger partial charge is 0.344 e. The van der Waals surface area contributed by atoms with Crippen LogP contribution in [0.15, 0.2) is 17.8 Å². The molecule has 0 atom stereocenters. The number of carbonyl (C=O) groups is 2. The van der Waals surface area contributed by atoms with Gasteiger partial charge in [-0.25, -0.2) is 27.2 Å². The summed E-state index contributed by atoms with van der Waals surface area (Å²) in [6, 6.07) is 0. The van der Waals surface area contributed by atoms with Gasteiger partial charge in [-0.2, -0.15) is 0 Å². The molecule has 0 spiro atoms. The lowest BCUT2D eigenvalue weighted by atomic mass is 10.1. The van der Waals surface area contributed by atoms with E-state index in [-0.39, 0.29) is 0 Å². The maximum Gasteiger partial charge on any atom is 0.344 e. The van der Waals surface area contributed by atoms with Gasteiger partial charge < -0.3 is 9.47 Å². The summed E-state index contributed by atoms with van der Waals surface area (Å²) < 4.78 is 62.9. The lowest BCUT2D eigenvalue weighted by molar-refractivity contribution is -0.138. The van der Waals surface area contributed by atoms with Gasteiger partial charge in [-0.1, -0.05) is 11.7 Å². The highest BCUT2D eigenvalue weighted by molar-refractivity contribution is 5.90. The molecular weight excluding hydrogens is 326 g/mol. The van der Waals surface area contributed by atoms with Gasteiger partial charge in [-0.05, 0) is 5.53 Å². The molecule has 0 fully saturated rings. The molecule has 1 rings (SSSR count). The fraction of sp³-hybridized carbons (Fsp3) is 0.167. The van der Waals surface area contributed by atoms with E-state index in [0.29, 0.717) is 0 Å². The largest absolute Gasteiger partial charge is 0.459 e. The first-order valence-electron chi connectivity index (χ1n) is 5.72. The fourth-order valence-electron chi connectivity index (χ4n) is 1.34. The second kappa shape index (κ2) is 7.80. The number of azide groups is 1. The molecule has 1 aromatic rings. The zero-order valence-electron chi connectivity index (χ0n) is 11.2. The Morgan fingerprint density at radius 1 is 1.09 bits per heavy atom. The normalized spacial score (nSPS) is 9.74. The van der Waals surface area contributed by atoms with Crippen molar-refractivity contribution >= 4 is 17.6 Å². The van der Waals surface area contributed by atoms with Gasteiger partial charge in [0.1, 0.15) is 24.5 Å². The SMILES string of the molecule is C=CC(=O)OCCOC(=O)c1c(F)c(F)c(N=[N+]=[N-])c(F)c1F. The van der Waals surface area contributed by atoms with Crippen LogP contribution < -0.4 is 0 Å². The number of rotatable bonds is 6. The number of benzene rings is 1. The van der Waals surface area contributed by atoms with Crippen LogP contribution in [-0.4, -0.2) is 25.2 Å². The van der Waals surface area contributed by atoms with Crippen molar-refractivity contribution in [1.29, 1.82) is 0 Å². The van der Waals surface area contributed by atoms with Crippen molar-refractivity contribution in [3.63, 3.8) is 0 Å². The maximum absolute atomic E-state index is 13.6. The highest BCUT2D eigenvalue weighted by atomic mass is 19.2. The quantitative estimate of drug-likeness (QED) is 0.117. The lowest BCUT2D eigenvalue weighted by Crippen LogP contribution is -2.17. The summed E-state index contributed by atoms with van der Waals surface area (Å²) in [5.74, 6) is -10.8. The molecule has 23 heavy (non-hydrogen) atoms. The van der Waals surface area contributed by atoms with Gasteiger partial charge in [0.2, 0.25) is 0 Å². The average molecular weight is 333 g/mol. The Labute approximate surface area is 125 Å². The number of hydrogen-bond acceptors (Lipinski definition) is 5. The molecule has 0 bridgehead atoms. The van der Waals surface area contributed by atoms with Gasteiger partial charge in [-0.15, -0.1) is 0 Å². The second-order valence-corrected chi connectivity index (χ2v) is 3.68. The van der Waals surface area contributed by atoms with Crippen LogP contribution in [0.4, 0.5) is 23.2 Å². The van der Waals surface area contributed by atoms with Gasteiger partial charge in [0.15, 0.2) is 23.3 Å². The summed E-state index contributed by atoms with van der Waals surface area (Å²) in [6.45, 7) is 1.99. The summed E-state index contributed by atoms with van der Waals surface area (Å²) in [5.41, 5.74) is 4.87. The van der Waals surface area contributed by atoms with Gasteiger partial charge in [0.25, 0.3) is 0 Å². The Kier molecular flexibility index (Phi) is 6.10. The molecule has 0 heterocycles. The molecule has 0 unspecified atom stereocenters. The van der Waals surface area contributed by atoms with Gasteiger partial charge >= 0.3 is 11.9 Å². The molecule has 0 aromatic heterocycles.